The fourth-order valence-electron chi connectivity index (χ4n) is 2.87. The van der Waals surface area contributed by atoms with Gasteiger partial charge in [-0.15, -0.1) is 0 Å². The van der Waals surface area contributed by atoms with Crippen LogP contribution in [0.25, 0.3) is 11.1 Å². The van der Waals surface area contributed by atoms with Crippen LogP contribution in [0.5, 0.6) is 0 Å². The summed E-state index contributed by atoms with van der Waals surface area (Å²) in [6.07, 6.45) is 2.74. The van der Waals surface area contributed by atoms with E-state index >= 15 is 0 Å². The first-order chi connectivity index (χ1) is 11.5. The highest BCUT2D eigenvalue weighted by atomic mass is 16.4. The zero-order valence-corrected chi connectivity index (χ0v) is 14.4. The zero-order valence-electron chi connectivity index (χ0n) is 14.4. The Morgan fingerprint density at radius 3 is 2.88 bits per heavy atom. The minimum absolute atomic E-state index is 0.294. The maximum Gasteiger partial charge on any atom is 0.419 e. The Balaban J connectivity index is 1.65. The number of pyridine rings is 1. The van der Waals surface area contributed by atoms with E-state index in [9.17, 15) is 4.79 Å². The Bertz CT molecular complexity index is 881. The molecule has 1 atom stereocenters. The maximum atomic E-state index is 12.0. The molecule has 0 fully saturated rings. The number of likely N-dealkylation sites (N-methyl/N-ethyl adjacent to an activating group) is 1. The van der Waals surface area contributed by atoms with Gasteiger partial charge in [-0.2, -0.15) is 0 Å². The highest BCUT2D eigenvalue weighted by Gasteiger charge is 2.13. The largest absolute Gasteiger partial charge is 0.419 e. The lowest BCUT2D eigenvalue weighted by molar-refractivity contribution is 0.243. The standard InChI is InChI=1S/C19H23N3O2/c1-14-8-9-20-16(12-14)13-15(2)21(3)10-11-22-17-6-4-5-7-18(17)24-19(22)23/h4-9,12,15H,10-11,13H2,1-3H3/t15-/m0/s1. The average Bonchev–Trinajstić information content (AvgIpc) is 2.88. The summed E-state index contributed by atoms with van der Waals surface area (Å²) in [4.78, 5) is 18.7. The topological polar surface area (TPSA) is 51.3 Å². The molecule has 0 bridgehead atoms. The van der Waals surface area contributed by atoms with Crippen molar-refractivity contribution in [3.63, 3.8) is 0 Å². The predicted molar refractivity (Wildman–Crippen MR) is 95.2 cm³/mol. The summed E-state index contributed by atoms with van der Waals surface area (Å²) in [5.74, 6) is -0.294. The third-order valence-electron chi connectivity index (χ3n) is 4.48. The minimum atomic E-state index is -0.294. The number of benzene rings is 1. The third kappa shape index (κ3) is 3.57. The van der Waals surface area contributed by atoms with Crippen LogP contribution >= 0.6 is 0 Å². The van der Waals surface area contributed by atoms with Crippen molar-refractivity contribution in [1.82, 2.24) is 14.5 Å². The van der Waals surface area contributed by atoms with Gasteiger partial charge in [0, 0.05) is 37.4 Å². The molecule has 0 saturated carbocycles. The Morgan fingerprint density at radius 1 is 1.29 bits per heavy atom. The van der Waals surface area contributed by atoms with Gasteiger partial charge in [-0.3, -0.25) is 9.55 Å². The fourth-order valence-corrected chi connectivity index (χ4v) is 2.87. The molecule has 24 heavy (non-hydrogen) atoms. The summed E-state index contributed by atoms with van der Waals surface area (Å²) in [7, 11) is 2.08. The quantitative estimate of drug-likeness (QED) is 0.699. The molecule has 126 valence electrons. The van der Waals surface area contributed by atoms with Gasteiger partial charge in [-0.1, -0.05) is 12.1 Å². The Morgan fingerprint density at radius 2 is 2.08 bits per heavy atom. The lowest BCUT2D eigenvalue weighted by Gasteiger charge is -2.24. The summed E-state index contributed by atoms with van der Waals surface area (Å²) < 4.78 is 6.98. The van der Waals surface area contributed by atoms with Crippen molar-refractivity contribution in [2.75, 3.05) is 13.6 Å². The number of hydrogen-bond donors (Lipinski definition) is 0. The van der Waals surface area contributed by atoms with Gasteiger partial charge in [0.2, 0.25) is 0 Å². The predicted octanol–water partition coefficient (Wildman–Crippen LogP) is 2.86. The molecule has 0 unspecified atom stereocenters. The summed E-state index contributed by atoms with van der Waals surface area (Å²) in [6.45, 7) is 5.64. The van der Waals surface area contributed by atoms with Crippen LogP contribution in [0.2, 0.25) is 0 Å². The molecule has 0 radical (unpaired) electrons. The Labute approximate surface area is 141 Å². The van der Waals surface area contributed by atoms with Crippen LogP contribution in [0, 0.1) is 6.92 Å². The molecular formula is C19H23N3O2. The van der Waals surface area contributed by atoms with Gasteiger partial charge in [0.25, 0.3) is 0 Å². The van der Waals surface area contributed by atoms with E-state index in [1.807, 2.05) is 36.5 Å². The normalized spacial score (nSPS) is 12.8. The molecule has 3 aromatic rings. The SMILES string of the molecule is Cc1ccnc(C[C@H](C)N(C)CCn2c(=O)oc3ccccc32)c1. The molecule has 3 rings (SSSR count). The van der Waals surface area contributed by atoms with Crippen LogP contribution in [-0.2, 0) is 13.0 Å². The van der Waals surface area contributed by atoms with Crippen molar-refractivity contribution < 1.29 is 4.42 Å². The summed E-state index contributed by atoms with van der Waals surface area (Å²) in [5, 5.41) is 0. The van der Waals surface area contributed by atoms with Gasteiger partial charge < -0.3 is 9.32 Å². The van der Waals surface area contributed by atoms with E-state index in [2.05, 4.69) is 36.8 Å². The summed E-state index contributed by atoms with van der Waals surface area (Å²) in [5.41, 5.74) is 3.82. The van der Waals surface area contributed by atoms with Crippen LogP contribution < -0.4 is 5.76 Å². The van der Waals surface area contributed by atoms with E-state index < -0.39 is 0 Å². The molecule has 2 aromatic heterocycles. The number of aryl methyl sites for hydroxylation is 1. The van der Waals surface area contributed by atoms with Crippen molar-refractivity contribution >= 4 is 11.1 Å². The van der Waals surface area contributed by atoms with E-state index in [1.165, 1.54) is 5.56 Å². The molecule has 0 saturated heterocycles. The summed E-state index contributed by atoms with van der Waals surface area (Å²) in [6, 6.07) is 12.0. The molecule has 0 N–H and O–H groups in total. The van der Waals surface area contributed by atoms with Crippen molar-refractivity contribution in [1.29, 1.82) is 0 Å². The van der Waals surface area contributed by atoms with E-state index in [0.717, 1.165) is 24.2 Å². The van der Waals surface area contributed by atoms with Crippen LogP contribution in [0.15, 0.2) is 51.8 Å². The van der Waals surface area contributed by atoms with Gasteiger partial charge >= 0.3 is 5.76 Å². The van der Waals surface area contributed by atoms with Crippen molar-refractivity contribution in [2.45, 2.75) is 32.9 Å². The second-order valence-electron chi connectivity index (χ2n) is 6.35. The van der Waals surface area contributed by atoms with Crippen LogP contribution in [0.1, 0.15) is 18.2 Å². The van der Waals surface area contributed by atoms with E-state index in [-0.39, 0.29) is 5.76 Å². The minimum Gasteiger partial charge on any atom is -0.408 e. The second-order valence-corrected chi connectivity index (χ2v) is 6.35. The fraction of sp³-hybridized carbons (Fsp3) is 0.368. The molecule has 0 aliphatic carbocycles. The zero-order chi connectivity index (χ0) is 17.1. The lowest BCUT2D eigenvalue weighted by Crippen LogP contribution is -2.35. The van der Waals surface area contributed by atoms with Gasteiger partial charge in [0.1, 0.15) is 0 Å². The third-order valence-corrected chi connectivity index (χ3v) is 4.48. The van der Waals surface area contributed by atoms with Crippen molar-refractivity contribution in [3.05, 3.63) is 64.4 Å². The lowest BCUT2D eigenvalue weighted by atomic mass is 10.1. The van der Waals surface area contributed by atoms with E-state index in [4.69, 9.17) is 4.42 Å². The molecule has 0 spiro atoms. The highest BCUT2D eigenvalue weighted by molar-refractivity contribution is 5.72. The average molecular weight is 325 g/mol. The summed E-state index contributed by atoms with van der Waals surface area (Å²) >= 11 is 0. The van der Waals surface area contributed by atoms with Crippen molar-refractivity contribution in [2.24, 2.45) is 0 Å². The van der Waals surface area contributed by atoms with Crippen molar-refractivity contribution in [3.8, 4) is 0 Å². The number of fused-ring (bicyclic) bond motifs is 1. The molecule has 0 aliphatic rings. The number of oxazole rings is 1. The first-order valence-electron chi connectivity index (χ1n) is 8.25. The van der Waals surface area contributed by atoms with Crippen LogP contribution in [0.3, 0.4) is 0 Å². The number of hydrogen-bond acceptors (Lipinski definition) is 4. The molecule has 0 amide bonds. The Hall–Kier alpha value is -2.40. The van der Waals surface area contributed by atoms with Gasteiger partial charge in [-0.05, 0) is 50.7 Å². The number of aromatic nitrogens is 2. The molecule has 2 heterocycles. The second kappa shape index (κ2) is 7.01. The molecule has 5 nitrogen and oxygen atoms in total. The number of nitrogens with zero attached hydrogens (tertiary/aromatic N) is 3. The van der Waals surface area contributed by atoms with E-state index in [1.54, 1.807) is 4.57 Å². The molecule has 0 aliphatic heterocycles. The maximum absolute atomic E-state index is 12.0. The molecule has 5 heteroatoms. The smallest absolute Gasteiger partial charge is 0.408 e. The van der Waals surface area contributed by atoms with Gasteiger partial charge in [0.15, 0.2) is 5.58 Å². The van der Waals surface area contributed by atoms with Gasteiger partial charge in [0.05, 0.1) is 5.52 Å². The molecular weight excluding hydrogens is 302 g/mol. The van der Waals surface area contributed by atoms with Gasteiger partial charge in [-0.25, -0.2) is 4.79 Å². The Kier molecular flexibility index (Phi) is 4.81. The number of para-hydroxylation sites is 2. The van der Waals surface area contributed by atoms with Crippen LogP contribution in [0.4, 0.5) is 0 Å². The first kappa shape index (κ1) is 16.5. The molecule has 1 aromatic carbocycles. The first-order valence-corrected chi connectivity index (χ1v) is 8.25. The monoisotopic (exact) mass is 325 g/mol. The van der Waals surface area contributed by atoms with Crippen LogP contribution in [-0.4, -0.2) is 34.1 Å². The number of rotatable bonds is 6. The highest BCUT2D eigenvalue weighted by Crippen LogP contribution is 2.12. The van der Waals surface area contributed by atoms with E-state index in [0.29, 0.717) is 18.2 Å².